The van der Waals surface area contributed by atoms with E-state index in [1.54, 1.807) is 12.5 Å². The second-order valence-corrected chi connectivity index (χ2v) is 8.32. The molecule has 5 rings (SSSR count). The summed E-state index contributed by atoms with van der Waals surface area (Å²) in [5.74, 6) is -0.218. The van der Waals surface area contributed by atoms with Crippen molar-refractivity contribution in [3.63, 3.8) is 0 Å². The number of esters is 2. The molecule has 132 valence electrons. The Bertz CT molecular complexity index is 750. The van der Waals surface area contributed by atoms with Crippen molar-refractivity contribution in [1.82, 2.24) is 0 Å². The fourth-order valence-corrected chi connectivity index (χ4v) is 6.09. The number of hydrogen-bond donors (Lipinski definition) is 0. The minimum absolute atomic E-state index is 0.103. The first kappa shape index (κ1) is 15.2. The van der Waals surface area contributed by atoms with Crippen molar-refractivity contribution in [2.24, 2.45) is 28.6 Å². The molecule has 1 spiro atoms. The number of fused-ring (bicyclic) bond motifs is 2. The Kier molecular flexibility index (Phi) is 3.04. The van der Waals surface area contributed by atoms with Gasteiger partial charge in [0.1, 0.15) is 6.10 Å². The normalized spacial score (nSPS) is 45.2. The van der Waals surface area contributed by atoms with Gasteiger partial charge in [0.2, 0.25) is 0 Å². The van der Waals surface area contributed by atoms with E-state index in [-0.39, 0.29) is 46.6 Å². The summed E-state index contributed by atoms with van der Waals surface area (Å²) < 4.78 is 16.4. The molecule has 0 N–H and O–H groups in total. The third kappa shape index (κ3) is 1.89. The van der Waals surface area contributed by atoms with E-state index in [0.29, 0.717) is 6.61 Å². The molecule has 0 amide bonds. The Morgan fingerprint density at radius 1 is 1.24 bits per heavy atom. The predicted octanol–water partition coefficient (Wildman–Crippen LogP) is 3.42. The lowest BCUT2D eigenvalue weighted by Gasteiger charge is -2.59. The van der Waals surface area contributed by atoms with Crippen LogP contribution in [0.25, 0.3) is 0 Å². The van der Waals surface area contributed by atoms with Gasteiger partial charge in [-0.2, -0.15) is 0 Å². The van der Waals surface area contributed by atoms with Gasteiger partial charge in [-0.25, -0.2) is 0 Å². The molecule has 6 atom stereocenters. The lowest BCUT2D eigenvalue weighted by molar-refractivity contribution is -0.195. The first-order chi connectivity index (χ1) is 12.0. The average molecular weight is 342 g/mol. The van der Waals surface area contributed by atoms with Crippen LogP contribution in [-0.4, -0.2) is 18.5 Å². The van der Waals surface area contributed by atoms with Gasteiger partial charge >= 0.3 is 11.9 Å². The Labute approximate surface area is 146 Å². The van der Waals surface area contributed by atoms with Gasteiger partial charge in [-0.3, -0.25) is 9.59 Å². The third-order valence-electron chi connectivity index (χ3n) is 7.32. The van der Waals surface area contributed by atoms with Crippen LogP contribution in [0, 0.1) is 28.6 Å². The van der Waals surface area contributed by atoms with Gasteiger partial charge in [-0.05, 0) is 43.1 Å². The lowest BCUT2D eigenvalue weighted by atomic mass is 9.45. The maximum atomic E-state index is 12.8. The van der Waals surface area contributed by atoms with E-state index in [1.165, 1.54) is 0 Å². The molecule has 0 aromatic carbocycles. The zero-order valence-electron chi connectivity index (χ0n) is 14.3. The van der Waals surface area contributed by atoms with E-state index in [0.717, 1.165) is 31.2 Å². The van der Waals surface area contributed by atoms with E-state index in [4.69, 9.17) is 13.9 Å². The van der Waals surface area contributed by atoms with E-state index in [2.05, 4.69) is 13.0 Å². The van der Waals surface area contributed by atoms with Crippen molar-refractivity contribution < 1.29 is 23.5 Å². The minimum atomic E-state index is -0.273. The highest BCUT2D eigenvalue weighted by molar-refractivity contribution is 5.79. The highest BCUT2D eigenvalue weighted by atomic mass is 16.5. The Morgan fingerprint density at radius 2 is 2.12 bits per heavy atom. The Hall–Kier alpha value is -2.04. The molecule has 3 fully saturated rings. The molecule has 25 heavy (non-hydrogen) atoms. The molecule has 1 saturated carbocycles. The van der Waals surface area contributed by atoms with Gasteiger partial charge in [0.05, 0.1) is 31.0 Å². The van der Waals surface area contributed by atoms with Crippen LogP contribution in [0.1, 0.15) is 44.3 Å². The number of furan rings is 1. The molecule has 3 heterocycles. The monoisotopic (exact) mass is 342 g/mol. The average Bonchev–Trinajstić information content (AvgIpc) is 3.23. The smallest absolute Gasteiger partial charge is 0.313 e. The molecule has 0 bridgehead atoms. The van der Waals surface area contributed by atoms with Crippen molar-refractivity contribution in [3.05, 3.63) is 36.3 Å². The largest absolute Gasteiger partial charge is 0.472 e. The molecule has 2 saturated heterocycles. The SMILES string of the molecule is C[C@@]12CC(c3ccoc3)OC(=O)[C@@H]1CC[C@]13COC(=O)[C@H]1C=CC[C@@H]23. The zero-order chi connectivity index (χ0) is 17.2. The van der Waals surface area contributed by atoms with Crippen molar-refractivity contribution in [1.29, 1.82) is 0 Å². The standard InChI is InChI=1S/C20H22O5/c1-19-9-15(12-6-8-23-10-12)25-18(22)13(19)5-7-20-11-24-17(21)14(20)3-2-4-16(19)20/h2-3,6,8,10,13-16H,4-5,7,9,11H2,1H3/t13-,14+,15?,16-,19+,20-/m0/s1. The number of ether oxygens (including phenoxy) is 2. The lowest BCUT2D eigenvalue weighted by Crippen LogP contribution is -2.58. The van der Waals surface area contributed by atoms with Crippen molar-refractivity contribution in [2.45, 2.75) is 38.7 Å². The van der Waals surface area contributed by atoms with E-state index in [1.807, 2.05) is 12.1 Å². The highest BCUT2D eigenvalue weighted by Crippen LogP contribution is 2.66. The molecular weight excluding hydrogens is 320 g/mol. The summed E-state index contributed by atoms with van der Waals surface area (Å²) in [5.41, 5.74) is 0.552. The first-order valence-electron chi connectivity index (χ1n) is 9.10. The molecule has 1 aromatic heterocycles. The van der Waals surface area contributed by atoms with E-state index < -0.39 is 0 Å². The maximum absolute atomic E-state index is 12.8. The summed E-state index contributed by atoms with van der Waals surface area (Å²) in [6, 6.07) is 1.87. The Morgan fingerprint density at radius 3 is 2.92 bits per heavy atom. The number of hydrogen-bond acceptors (Lipinski definition) is 5. The summed E-state index contributed by atoms with van der Waals surface area (Å²) >= 11 is 0. The van der Waals surface area contributed by atoms with Crippen molar-refractivity contribution in [3.8, 4) is 0 Å². The number of carbonyl (C=O) groups is 2. The summed E-state index contributed by atoms with van der Waals surface area (Å²) in [6.07, 6.45) is 10.4. The molecule has 5 heteroatoms. The molecular formula is C20H22O5. The number of cyclic esters (lactones) is 2. The van der Waals surface area contributed by atoms with Crippen LogP contribution in [0.3, 0.4) is 0 Å². The molecule has 4 aliphatic rings. The summed E-state index contributed by atoms with van der Waals surface area (Å²) in [7, 11) is 0. The van der Waals surface area contributed by atoms with Crippen LogP contribution in [0.2, 0.25) is 0 Å². The molecule has 0 radical (unpaired) electrons. The van der Waals surface area contributed by atoms with Gasteiger partial charge in [-0.15, -0.1) is 0 Å². The zero-order valence-corrected chi connectivity index (χ0v) is 14.3. The number of carbonyl (C=O) groups excluding carboxylic acids is 2. The molecule has 2 aliphatic heterocycles. The van der Waals surface area contributed by atoms with Gasteiger partial charge < -0.3 is 13.9 Å². The van der Waals surface area contributed by atoms with Crippen molar-refractivity contribution >= 4 is 11.9 Å². The fraction of sp³-hybridized carbons (Fsp3) is 0.600. The van der Waals surface area contributed by atoms with E-state index >= 15 is 0 Å². The molecule has 1 unspecified atom stereocenters. The third-order valence-corrected chi connectivity index (χ3v) is 7.32. The van der Waals surface area contributed by atoms with Crippen LogP contribution in [0.5, 0.6) is 0 Å². The fourth-order valence-electron chi connectivity index (χ4n) is 6.09. The minimum Gasteiger partial charge on any atom is -0.472 e. The topological polar surface area (TPSA) is 65.7 Å². The van der Waals surface area contributed by atoms with Crippen LogP contribution in [0.4, 0.5) is 0 Å². The van der Waals surface area contributed by atoms with Crippen molar-refractivity contribution in [2.75, 3.05) is 6.61 Å². The predicted molar refractivity (Wildman–Crippen MR) is 87.1 cm³/mol. The van der Waals surface area contributed by atoms with Crippen LogP contribution < -0.4 is 0 Å². The number of allylic oxidation sites excluding steroid dienone is 1. The highest BCUT2D eigenvalue weighted by Gasteiger charge is 2.66. The van der Waals surface area contributed by atoms with Gasteiger partial charge in [0.15, 0.2) is 0 Å². The second kappa shape index (κ2) is 4.99. The van der Waals surface area contributed by atoms with Crippen LogP contribution in [0.15, 0.2) is 35.2 Å². The first-order valence-corrected chi connectivity index (χ1v) is 9.10. The maximum Gasteiger partial charge on any atom is 0.313 e. The van der Waals surface area contributed by atoms with Crippen LogP contribution >= 0.6 is 0 Å². The molecule has 5 nitrogen and oxygen atoms in total. The van der Waals surface area contributed by atoms with Crippen LogP contribution in [-0.2, 0) is 19.1 Å². The van der Waals surface area contributed by atoms with Gasteiger partial charge in [-0.1, -0.05) is 19.1 Å². The van der Waals surface area contributed by atoms with Gasteiger partial charge in [0, 0.05) is 11.0 Å². The number of rotatable bonds is 1. The molecule has 2 aliphatic carbocycles. The molecule has 1 aromatic rings. The summed E-state index contributed by atoms with van der Waals surface area (Å²) in [6.45, 7) is 2.70. The van der Waals surface area contributed by atoms with E-state index in [9.17, 15) is 9.59 Å². The quantitative estimate of drug-likeness (QED) is 0.578. The summed E-state index contributed by atoms with van der Waals surface area (Å²) in [4.78, 5) is 25.1. The van der Waals surface area contributed by atoms with Gasteiger partial charge in [0.25, 0.3) is 0 Å². The second-order valence-electron chi connectivity index (χ2n) is 8.32. The Balaban J connectivity index is 1.56. The summed E-state index contributed by atoms with van der Waals surface area (Å²) in [5, 5.41) is 0.